The molecular weight excluding hydrogens is 230 g/mol. The second-order valence-electron chi connectivity index (χ2n) is 5.15. The van der Waals surface area contributed by atoms with E-state index in [2.05, 4.69) is 67.5 Å². The normalized spacial score (nSPS) is 11.1. The van der Waals surface area contributed by atoms with Crippen LogP contribution < -0.4 is 0 Å². The molecule has 0 atom stereocenters. The van der Waals surface area contributed by atoms with E-state index in [9.17, 15) is 0 Å². The molecule has 1 N–H and O–H groups in total. The Hall–Kier alpha value is -2.02. The summed E-state index contributed by atoms with van der Waals surface area (Å²) in [7, 11) is 0. The average molecular weight is 249 g/mol. The minimum atomic E-state index is 1.15. The van der Waals surface area contributed by atoms with Crippen molar-refractivity contribution in [1.29, 1.82) is 0 Å². The Labute approximate surface area is 114 Å². The number of H-pyrrole nitrogens is 1. The van der Waals surface area contributed by atoms with Crippen LogP contribution in [0, 0.1) is 6.92 Å². The molecule has 0 aliphatic heterocycles. The highest BCUT2D eigenvalue weighted by Gasteiger charge is 2.08. The number of fused-ring (bicyclic) bond motifs is 1. The molecule has 0 bridgehead atoms. The Balaban J connectivity index is 2.17. The maximum atomic E-state index is 3.37. The van der Waals surface area contributed by atoms with Gasteiger partial charge in [-0.3, -0.25) is 0 Å². The molecule has 0 aliphatic carbocycles. The van der Waals surface area contributed by atoms with E-state index in [4.69, 9.17) is 0 Å². The zero-order valence-corrected chi connectivity index (χ0v) is 11.5. The van der Waals surface area contributed by atoms with Gasteiger partial charge in [-0.2, -0.15) is 0 Å². The summed E-state index contributed by atoms with van der Waals surface area (Å²) in [6.07, 6.45) is 4.47. The molecule has 0 amide bonds. The fourth-order valence-corrected chi connectivity index (χ4v) is 2.70. The highest BCUT2D eigenvalue weighted by atomic mass is 14.7. The summed E-state index contributed by atoms with van der Waals surface area (Å²) in [6.45, 7) is 4.41. The molecule has 19 heavy (non-hydrogen) atoms. The molecule has 0 unspecified atom stereocenters. The standard InChI is InChI=1S/C18H19N/c1-3-6-14-10-9-13(2)16(11-14)17-12-19-18-8-5-4-7-15(17)18/h4-5,7-12,19H,3,6H2,1-2H3. The third-order valence-corrected chi connectivity index (χ3v) is 3.72. The van der Waals surface area contributed by atoms with Crippen molar-refractivity contribution in [3.63, 3.8) is 0 Å². The van der Waals surface area contributed by atoms with Gasteiger partial charge in [0.15, 0.2) is 0 Å². The number of aromatic nitrogens is 1. The van der Waals surface area contributed by atoms with Crippen LogP contribution >= 0.6 is 0 Å². The number of para-hydroxylation sites is 1. The van der Waals surface area contributed by atoms with Crippen LogP contribution in [0.25, 0.3) is 22.0 Å². The van der Waals surface area contributed by atoms with Crippen LogP contribution in [-0.4, -0.2) is 4.98 Å². The molecule has 0 saturated heterocycles. The van der Waals surface area contributed by atoms with E-state index in [0.29, 0.717) is 0 Å². The van der Waals surface area contributed by atoms with E-state index in [-0.39, 0.29) is 0 Å². The molecule has 96 valence electrons. The van der Waals surface area contributed by atoms with Gasteiger partial charge in [0.1, 0.15) is 0 Å². The summed E-state index contributed by atoms with van der Waals surface area (Å²) in [5.41, 5.74) is 6.63. The molecular formula is C18H19N. The summed E-state index contributed by atoms with van der Waals surface area (Å²) in [6, 6.07) is 15.3. The minimum Gasteiger partial charge on any atom is -0.361 e. The molecule has 1 heteroatoms. The molecule has 3 rings (SSSR count). The topological polar surface area (TPSA) is 15.8 Å². The van der Waals surface area contributed by atoms with Gasteiger partial charge in [-0.15, -0.1) is 0 Å². The maximum absolute atomic E-state index is 3.37. The van der Waals surface area contributed by atoms with Crippen LogP contribution in [0.3, 0.4) is 0 Å². The maximum Gasteiger partial charge on any atom is 0.0460 e. The summed E-state index contributed by atoms with van der Waals surface area (Å²) >= 11 is 0. The lowest BCUT2D eigenvalue weighted by Gasteiger charge is -2.08. The number of hydrogen-bond acceptors (Lipinski definition) is 0. The molecule has 1 heterocycles. The number of hydrogen-bond donors (Lipinski definition) is 1. The fraction of sp³-hybridized carbons (Fsp3) is 0.222. The van der Waals surface area contributed by atoms with Crippen molar-refractivity contribution in [2.45, 2.75) is 26.7 Å². The Kier molecular flexibility index (Phi) is 3.12. The van der Waals surface area contributed by atoms with Gasteiger partial charge in [0.25, 0.3) is 0 Å². The molecule has 3 aromatic rings. The molecule has 0 fully saturated rings. The fourth-order valence-electron chi connectivity index (χ4n) is 2.70. The number of aryl methyl sites for hydroxylation is 2. The molecule has 0 saturated carbocycles. The highest BCUT2D eigenvalue weighted by molar-refractivity contribution is 5.96. The van der Waals surface area contributed by atoms with Crippen LogP contribution in [0.4, 0.5) is 0 Å². The summed E-state index contributed by atoms with van der Waals surface area (Å²) in [4.78, 5) is 3.37. The SMILES string of the molecule is CCCc1ccc(C)c(-c2c[nH]c3ccccc23)c1. The van der Waals surface area contributed by atoms with Gasteiger partial charge in [-0.05, 0) is 36.1 Å². The Morgan fingerprint density at radius 3 is 2.68 bits per heavy atom. The van der Waals surface area contributed by atoms with Crippen LogP contribution in [0.2, 0.25) is 0 Å². The van der Waals surface area contributed by atoms with Crippen LogP contribution in [-0.2, 0) is 6.42 Å². The van der Waals surface area contributed by atoms with E-state index < -0.39 is 0 Å². The van der Waals surface area contributed by atoms with Gasteiger partial charge in [-0.1, -0.05) is 49.7 Å². The lowest BCUT2D eigenvalue weighted by atomic mass is 9.96. The van der Waals surface area contributed by atoms with Crippen molar-refractivity contribution in [1.82, 2.24) is 4.98 Å². The second-order valence-corrected chi connectivity index (χ2v) is 5.15. The number of benzene rings is 2. The van der Waals surface area contributed by atoms with Crippen LogP contribution in [0.5, 0.6) is 0 Å². The molecule has 0 spiro atoms. The molecule has 2 aromatic carbocycles. The molecule has 0 aliphatic rings. The van der Waals surface area contributed by atoms with Crippen molar-refractivity contribution < 1.29 is 0 Å². The van der Waals surface area contributed by atoms with E-state index in [1.165, 1.54) is 39.6 Å². The van der Waals surface area contributed by atoms with Crippen molar-refractivity contribution in [2.24, 2.45) is 0 Å². The Morgan fingerprint density at radius 1 is 1.00 bits per heavy atom. The first-order chi connectivity index (χ1) is 9.29. The first-order valence-electron chi connectivity index (χ1n) is 6.95. The molecule has 1 aromatic heterocycles. The zero-order chi connectivity index (χ0) is 13.2. The van der Waals surface area contributed by atoms with Crippen LogP contribution in [0.15, 0.2) is 48.7 Å². The van der Waals surface area contributed by atoms with E-state index in [1.807, 2.05) is 0 Å². The van der Waals surface area contributed by atoms with Crippen molar-refractivity contribution in [3.8, 4) is 11.1 Å². The van der Waals surface area contributed by atoms with Gasteiger partial charge in [-0.25, -0.2) is 0 Å². The van der Waals surface area contributed by atoms with Gasteiger partial charge >= 0.3 is 0 Å². The number of nitrogens with one attached hydrogen (secondary N) is 1. The largest absolute Gasteiger partial charge is 0.361 e. The lowest BCUT2D eigenvalue weighted by molar-refractivity contribution is 0.921. The highest BCUT2D eigenvalue weighted by Crippen LogP contribution is 2.31. The van der Waals surface area contributed by atoms with E-state index >= 15 is 0 Å². The van der Waals surface area contributed by atoms with Gasteiger partial charge < -0.3 is 4.98 Å². The van der Waals surface area contributed by atoms with Crippen molar-refractivity contribution >= 4 is 10.9 Å². The average Bonchev–Trinajstić information content (AvgIpc) is 2.85. The van der Waals surface area contributed by atoms with E-state index in [0.717, 1.165) is 6.42 Å². The molecule has 1 nitrogen and oxygen atoms in total. The lowest BCUT2D eigenvalue weighted by Crippen LogP contribution is -1.88. The molecule has 0 radical (unpaired) electrons. The smallest absolute Gasteiger partial charge is 0.0460 e. The summed E-state index contributed by atoms with van der Waals surface area (Å²) in [5.74, 6) is 0. The quantitative estimate of drug-likeness (QED) is 0.665. The Bertz CT molecular complexity index is 707. The third-order valence-electron chi connectivity index (χ3n) is 3.72. The predicted molar refractivity (Wildman–Crippen MR) is 82.5 cm³/mol. The second kappa shape index (κ2) is 4.93. The predicted octanol–water partition coefficient (Wildman–Crippen LogP) is 5.10. The van der Waals surface area contributed by atoms with Crippen molar-refractivity contribution in [2.75, 3.05) is 0 Å². The van der Waals surface area contributed by atoms with E-state index in [1.54, 1.807) is 0 Å². The Morgan fingerprint density at radius 2 is 1.84 bits per heavy atom. The summed E-state index contributed by atoms with van der Waals surface area (Å²) < 4.78 is 0. The number of rotatable bonds is 3. The van der Waals surface area contributed by atoms with Gasteiger partial charge in [0.2, 0.25) is 0 Å². The first-order valence-corrected chi connectivity index (χ1v) is 6.95. The third kappa shape index (κ3) is 2.17. The number of aromatic amines is 1. The minimum absolute atomic E-state index is 1.15. The van der Waals surface area contributed by atoms with Gasteiger partial charge in [0.05, 0.1) is 0 Å². The van der Waals surface area contributed by atoms with Crippen molar-refractivity contribution in [3.05, 3.63) is 59.8 Å². The van der Waals surface area contributed by atoms with Gasteiger partial charge in [0, 0.05) is 22.7 Å². The monoisotopic (exact) mass is 249 g/mol. The first kappa shape index (κ1) is 12.0. The summed E-state index contributed by atoms with van der Waals surface area (Å²) in [5, 5.41) is 1.30. The van der Waals surface area contributed by atoms with Crippen LogP contribution in [0.1, 0.15) is 24.5 Å². The zero-order valence-electron chi connectivity index (χ0n) is 11.5.